The van der Waals surface area contributed by atoms with Crippen LogP contribution in [0.25, 0.3) is 0 Å². The number of carbonyl (C=O) groups is 1. The number of nitro groups is 1. The molecule has 2 rings (SSSR count). The van der Waals surface area contributed by atoms with Crippen LogP contribution in [0.15, 0.2) is 30.6 Å². The van der Waals surface area contributed by atoms with E-state index < -0.39 is 22.3 Å². The molecule has 7 nitrogen and oxygen atoms in total. The third kappa shape index (κ3) is 2.48. The van der Waals surface area contributed by atoms with Crippen LogP contribution in [0, 0.1) is 15.9 Å². The van der Waals surface area contributed by atoms with Crippen molar-refractivity contribution in [3.8, 4) is 0 Å². The van der Waals surface area contributed by atoms with Crippen molar-refractivity contribution in [2.45, 2.75) is 0 Å². The molecule has 0 saturated carbocycles. The fraction of sp³-hybridized carbons (Fsp3) is 0. The first kappa shape index (κ1) is 11.7. The fourth-order valence-corrected chi connectivity index (χ4v) is 1.33. The number of hydrogen-bond donors (Lipinski definition) is 2. The molecule has 92 valence electrons. The summed E-state index contributed by atoms with van der Waals surface area (Å²) >= 11 is 0. The minimum Gasteiger partial charge on any atom is -0.322 e. The van der Waals surface area contributed by atoms with Crippen molar-refractivity contribution in [1.82, 2.24) is 10.2 Å². The number of hydrogen-bond acceptors (Lipinski definition) is 4. The zero-order valence-corrected chi connectivity index (χ0v) is 8.88. The number of aromatic amines is 1. The van der Waals surface area contributed by atoms with Crippen molar-refractivity contribution in [3.05, 3.63) is 52.1 Å². The van der Waals surface area contributed by atoms with Gasteiger partial charge >= 0.3 is 0 Å². The lowest BCUT2D eigenvalue weighted by Crippen LogP contribution is -2.11. The molecule has 1 aromatic carbocycles. The smallest absolute Gasteiger partial charge is 0.274 e. The summed E-state index contributed by atoms with van der Waals surface area (Å²) in [6, 6.07) is 2.83. The van der Waals surface area contributed by atoms with Crippen LogP contribution < -0.4 is 5.32 Å². The summed E-state index contributed by atoms with van der Waals surface area (Å²) in [5, 5.41) is 18.9. The molecular weight excluding hydrogens is 243 g/mol. The minimum absolute atomic E-state index is 0.00731. The van der Waals surface area contributed by atoms with Crippen LogP contribution in [-0.4, -0.2) is 21.0 Å². The van der Waals surface area contributed by atoms with Crippen LogP contribution in [0.2, 0.25) is 0 Å². The molecule has 0 bridgehead atoms. The zero-order valence-electron chi connectivity index (χ0n) is 8.88. The first-order chi connectivity index (χ1) is 8.56. The van der Waals surface area contributed by atoms with Gasteiger partial charge < -0.3 is 5.32 Å². The largest absolute Gasteiger partial charge is 0.322 e. The Bertz CT molecular complexity index is 597. The zero-order chi connectivity index (χ0) is 13.1. The fourth-order valence-electron chi connectivity index (χ4n) is 1.33. The Morgan fingerprint density at radius 1 is 1.44 bits per heavy atom. The highest BCUT2D eigenvalue weighted by molar-refractivity contribution is 6.04. The van der Waals surface area contributed by atoms with Crippen LogP contribution in [0.4, 0.5) is 15.8 Å². The lowest BCUT2D eigenvalue weighted by molar-refractivity contribution is -0.385. The van der Waals surface area contributed by atoms with Gasteiger partial charge in [0.25, 0.3) is 11.6 Å². The standard InChI is InChI=1S/C10H7FN4O3/c11-7-1-8(3-9(2-7)15(17)18)14-10(16)6-4-12-13-5-6/h1-5H,(H,12,13)(H,14,16). The molecule has 0 aliphatic heterocycles. The molecular formula is C10H7FN4O3. The molecule has 18 heavy (non-hydrogen) atoms. The van der Waals surface area contributed by atoms with Gasteiger partial charge in [0, 0.05) is 12.3 Å². The number of anilines is 1. The minimum atomic E-state index is -0.799. The average molecular weight is 250 g/mol. The second-order valence-electron chi connectivity index (χ2n) is 3.40. The Kier molecular flexibility index (Phi) is 3.00. The van der Waals surface area contributed by atoms with Gasteiger partial charge in [-0.1, -0.05) is 0 Å². The van der Waals surface area contributed by atoms with Gasteiger partial charge in [0.1, 0.15) is 5.82 Å². The van der Waals surface area contributed by atoms with E-state index in [4.69, 9.17) is 0 Å². The second kappa shape index (κ2) is 4.62. The SMILES string of the molecule is O=C(Nc1cc(F)cc([N+](=O)[O-])c1)c1cn[nH]c1. The molecule has 0 atom stereocenters. The van der Waals surface area contributed by atoms with E-state index in [-0.39, 0.29) is 11.3 Å². The predicted molar refractivity (Wildman–Crippen MR) is 59.6 cm³/mol. The molecule has 1 heterocycles. The first-order valence-electron chi connectivity index (χ1n) is 4.81. The van der Waals surface area contributed by atoms with E-state index in [0.717, 1.165) is 18.2 Å². The molecule has 8 heteroatoms. The number of amides is 1. The van der Waals surface area contributed by atoms with Crippen LogP contribution in [0.3, 0.4) is 0 Å². The van der Waals surface area contributed by atoms with Gasteiger partial charge in [-0.3, -0.25) is 20.0 Å². The highest BCUT2D eigenvalue weighted by Gasteiger charge is 2.12. The molecule has 0 fully saturated rings. The Balaban J connectivity index is 2.24. The quantitative estimate of drug-likeness (QED) is 0.639. The monoisotopic (exact) mass is 250 g/mol. The van der Waals surface area contributed by atoms with Gasteiger partial charge in [-0.15, -0.1) is 0 Å². The number of non-ortho nitro benzene ring substituents is 1. The highest BCUT2D eigenvalue weighted by atomic mass is 19.1. The number of nitro benzene ring substituents is 1. The van der Waals surface area contributed by atoms with Gasteiger partial charge in [0.15, 0.2) is 0 Å². The van der Waals surface area contributed by atoms with Gasteiger partial charge in [0.2, 0.25) is 0 Å². The maximum absolute atomic E-state index is 13.1. The summed E-state index contributed by atoms with van der Waals surface area (Å²) in [7, 11) is 0. The topological polar surface area (TPSA) is 101 Å². The first-order valence-corrected chi connectivity index (χ1v) is 4.81. The molecule has 0 saturated heterocycles. The average Bonchev–Trinajstić information content (AvgIpc) is 2.81. The number of benzene rings is 1. The van der Waals surface area contributed by atoms with Crippen molar-refractivity contribution in [3.63, 3.8) is 0 Å². The molecule has 1 aromatic heterocycles. The van der Waals surface area contributed by atoms with Crippen LogP contribution in [0.5, 0.6) is 0 Å². The molecule has 0 spiro atoms. The Morgan fingerprint density at radius 3 is 2.83 bits per heavy atom. The normalized spacial score (nSPS) is 10.1. The summed E-state index contributed by atoms with van der Waals surface area (Å²) in [6.45, 7) is 0. The van der Waals surface area contributed by atoms with E-state index >= 15 is 0 Å². The van der Waals surface area contributed by atoms with Crippen molar-refractivity contribution < 1.29 is 14.1 Å². The molecule has 1 amide bonds. The Hall–Kier alpha value is -2.77. The maximum Gasteiger partial charge on any atom is 0.274 e. The summed E-state index contributed by atoms with van der Waals surface area (Å²) in [5.74, 6) is -1.34. The van der Waals surface area contributed by atoms with E-state index in [9.17, 15) is 19.3 Å². The van der Waals surface area contributed by atoms with Crippen molar-refractivity contribution in [2.75, 3.05) is 5.32 Å². The van der Waals surface area contributed by atoms with Crippen LogP contribution in [0.1, 0.15) is 10.4 Å². The number of rotatable bonds is 3. The third-order valence-electron chi connectivity index (χ3n) is 2.11. The molecule has 0 unspecified atom stereocenters. The Morgan fingerprint density at radius 2 is 2.22 bits per heavy atom. The van der Waals surface area contributed by atoms with Gasteiger partial charge in [-0.05, 0) is 6.07 Å². The van der Waals surface area contributed by atoms with Crippen LogP contribution in [-0.2, 0) is 0 Å². The van der Waals surface area contributed by atoms with E-state index in [2.05, 4.69) is 15.5 Å². The van der Waals surface area contributed by atoms with Crippen molar-refractivity contribution in [2.24, 2.45) is 0 Å². The number of nitrogens with one attached hydrogen (secondary N) is 2. The number of nitrogens with zero attached hydrogens (tertiary/aromatic N) is 2. The van der Waals surface area contributed by atoms with E-state index in [0.29, 0.717) is 0 Å². The van der Waals surface area contributed by atoms with E-state index in [1.54, 1.807) is 0 Å². The molecule has 0 aliphatic rings. The number of carbonyl (C=O) groups excluding carboxylic acids is 1. The predicted octanol–water partition coefficient (Wildman–Crippen LogP) is 1.71. The maximum atomic E-state index is 13.1. The highest BCUT2D eigenvalue weighted by Crippen LogP contribution is 2.20. The molecule has 0 aliphatic carbocycles. The van der Waals surface area contributed by atoms with Crippen LogP contribution >= 0.6 is 0 Å². The molecule has 0 radical (unpaired) electrons. The number of H-pyrrole nitrogens is 1. The van der Waals surface area contributed by atoms with Gasteiger partial charge in [0.05, 0.1) is 28.4 Å². The molecule has 2 aromatic rings. The van der Waals surface area contributed by atoms with E-state index in [1.807, 2.05) is 0 Å². The van der Waals surface area contributed by atoms with Gasteiger partial charge in [-0.2, -0.15) is 5.10 Å². The lowest BCUT2D eigenvalue weighted by atomic mass is 10.2. The van der Waals surface area contributed by atoms with Crippen molar-refractivity contribution in [1.29, 1.82) is 0 Å². The Labute approximate surface area is 99.8 Å². The number of aromatic nitrogens is 2. The second-order valence-corrected chi connectivity index (χ2v) is 3.40. The molecule has 2 N–H and O–H groups in total. The summed E-state index contributed by atoms with van der Waals surface area (Å²) in [4.78, 5) is 21.4. The number of halogens is 1. The summed E-state index contributed by atoms with van der Waals surface area (Å²) < 4.78 is 13.1. The van der Waals surface area contributed by atoms with Gasteiger partial charge in [-0.25, -0.2) is 4.39 Å². The summed E-state index contributed by atoms with van der Waals surface area (Å²) in [6.07, 6.45) is 2.63. The summed E-state index contributed by atoms with van der Waals surface area (Å²) in [5.41, 5.74) is -0.188. The third-order valence-corrected chi connectivity index (χ3v) is 2.11. The lowest BCUT2D eigenvalue weighted by Gasteiger charge is -2.03. The van der Waals surface area contributed by atoms with Crippen molar-refractivity contribution >= 4 is 17.3 Å². The van der Waals surface area contributed by atoms with E-state index in [1.165, 1.54) is 12.4 Å².